The molecule has 0 aromatic rings. The summed E-state index contributed by atoms with van der Waals surface area (Å²) in [5, 5.41) is 0. The minimum atomic E-state index is -0.211. The van der Waals surface area contributed by atoms with Crippen molar-refractivity contribution >= 4 is 5.97 Å². The molecule has 0 spiro atoms. The van der Waals surface area contributed by atoms with Gasteiger partial charge in [0, 0.05) is 21.1 Å². The topological polar surface area (TPSA) is 44.8 Å². The van der Waals surface area contributed by atoms with Gasteiger partial charge < -0.3 is 14.2 Å². The first-order chi connectivity index (χ1) is 5.68. The number of carbonyl (C=O) groups excluding carboxylic acids is 1. The number of hydrogen-bond acceptors (Lipinski definition) is 4. The predicted molar refractivity (Wildman–Crippen MR) is 46.1 cm³/mol. The van der Waals surface area contributed by atoms with Gasteiger partial charge >= 0.3 is 5.97 Å². The Morgan fingerprint density at radius 3 is 1.67 bits per heavy atom. The molecule has 74 valence electrons. The van der Waals surface area contributed by atoms with Crippen molar-refractivity contribution in [1.82, 2.24) is 0 Å². The van der Waals surface area contributed by atoms with Crippen molar-refractivity contribution in [2.45, 2.75) is 13.8 Å². The molecule has 0 atom stereocenters. The molecule has 0 unspecified atom stereocenters. The lowest BCUT2D eigenvalue weighted by atomic mass is 10.8. The Hall–Kier alpha value is -0.610. The average molecular weight is 178 g/mol. The fourth-order valence-corrected chi connectivity index (χ4v) is 0.370. The van der Waals surface area contributed by atoms with Crippen LogP contribution in [0.3, 0.4) is 0 Å². The van der Waals surface area contributed by atoms with Crippen LogP contribution in [0.2, 0.25) is 0 Å². The third-order valence-corrected chi connectivity index (χ3v) is 0.839. The summed E-state index contributed by atoms with van der Waals surface area (Å²) in [6, 6.07) is 0. The maximum atomic E-state index is 9.82. The molecule has 0 aliphatic rings. The molecule has 0 aromatic carbocycles. The largest absolute Gasteiger partial charge is 0.466 e. The van der Waals surface area contributed by atoms with E-state index >= 15 is 0 Å². The van der Waals surface area contributed by atoms with Crippen molar-refractivity contribution < 1.29 is 19.0 Å². The first-order valence-corrected chi connectivity index (χ1v) is 3.80. The highest BCUT2D eigenvalue weighted by molar-refractivity contribution is 5.65. The van der Waals surface area contributed by atoms with Gasteiger partial charge in [-0.25, -0.2) is 0 Å². The number of methoxy groups -OCH3 is 2. The van der Waals surface area contributed by atoms with Crippen LogP contribution in [0.1, 0.15) is 13.8 Å². The Morgan fingerprint density at radius 2 is 1.58 bits per heavy atom. The van der Waals surface area contributed by atoms with Crippen LogP contribution in [0, 0.1) is 0 Å². The van der Waals surface area contributed by atoms with Gasteiger partial charge in [0.1, 0.15) is 0 Å². The van der Waals surface area contributed by atoms with Gasteiger partial charge in [-0.15, -0.1) is 0 Å². The second kappa shape index (κ2) is 13.0. The van der Waals surface area contributed by atoms with E-state index in [2.05, 4.69) is 14.2 Å². The Labute approximate surface area is 73.8 Å². The molecule has 0 saturated carbocycles. The van der Waals surface area contributed by atoms with E-state index in [0.717, 1.165) is 0 Å². The van der Waals surface area contributed by atoms with Crippen molar-refractivity contribution in [2.24, 2.45) is 0 Å². The summed E-state index contributed by atoms with van der Waals surface area (Å²) in [4.78, 5) is 9.82. The highest BCUT2D eigenvalue weighted by Gasteiger charge is 1.81. The minimum Gasteiger partial charge on any atom is -0.466 e. The van der Waals surface area contributed by atoms with Crippen LogP contribution < -0.4 is 0 Å². The molecule has 0 aromatic heterocycles. The normalized spacial score (nSPS) is 8.33. The zero-order valence-electron chi connectivity index (χ0n) is 8.25. The smallest absolute Gasteiger partial charge is 0.302 e. The van der Waals surface area contributed by atoms with E-state index in [9.17, 15) is 4.79 Å². The summed E-state index contributed by atoms with van der Waals surface area (Å²) in [5.41, 5.74) is 0. The van der Waals surface area contributed by atoms with E-state index in [1.54, 1.807) is 21.1 Å². The molecule has 0 amide bonds. The Morgan fingerprint density at radius 1 is 1.17 bits per heavy atom. The van der Waals surface area contributed by atoms with E-state index in [4.69, 9.17) is 0 Å². The monoisotopic (exact) mass is 178 g/mol. The molecule has 4 heteroatoms. The first-order valence-electron chi connectivity index (χ1n) is 3.80. The van der Waals surface area contributed by atoms with E-state index < -0.39 is 0 Å². The van der Waals surface area contributed by atoms with Crippen molar-refractivity contribution in [3.63, 3.8) is 0 Å². The Kier molecular flexibility index (Phi) is 15.1. The van der Waals surface area contributed by atoms with Crippen LogP contribution in [0.5, 0.6) is 0 Å². The fraction of sp³-hybridized carbons (Fsp3) is 0.875. The zero-order chi connectivity index (χ0) is 9.82. The van der Waals surface area contributed by atoms with Gasteiger partial charge in [-0.05, 0) is 6.92 Å². The molecule has 0 saturated heterocycles. The summed E-state index contributed by atoms with van der Waals surface area (Å²) in [7, 11) is 3.30. The van der Waals surface area contributed by atoms with E-state index in [1.807, 2.05) is 0 Å². The third-order valence-electron chi connectivity index (χ3n) is 0.839. The SMILES string of the molecule is CCOC(C)=O.COCCOC. The summed E-state index contributed by atoms with van der Waals surface area (Å²) in [6.45, 7) is 5.03. The van der Waals surface area contributed by atoms with Gasteiger partial charge in [-0.2, -0.15) is 0 Å². The second-order valence-electron chi connectivity index (χ2n) is 1.91. The van der Waals surface area contributed by atoms with Crippen LogP contribution in [0.15, 0.2) is 0 Å². The molecule has 0 heterocycles. The van der Waals surface area contributed by atoms with Crippen LogP contribution >= 0.6 is 0 Å². The predicted octanol–water partition coefficient (Wildman–Crippen LogP) is 0.849. The van der Waals surface area contributed by atoms with E-state index in [-0.39, 0.29) is 5.97 Å². The first kappa shape index (κ1) is 13.9. The van der Waals surface area contributed by atoms with Crippen molar-refractivity contribution in [3.05, 3.63) is 0 Å². The molecular formula is C8H18O4. The summed E-state index contributed by atoms with van der Waals surface area (Å²) in [6.07, 6.45) is 0. The molecule has 0 rings (SSSR count). The Balaban J connectivity index is 0. The molecule has 0 bridgehead atoms. The summed E-state index contributed by atoms with van der Waals surface area (Å²) in [5.74, 6) is -0.211. The minimum absolute atomic E-state index is 0.211. The maximum absolute atomic E-state index is 9.82. The van der Waals surface area contributed by atoms with Crippen LogP contribution in [0.4, 0.5) is 0 Å². The van der Waals surface area contributed by atoms with Crippen molar-refractivity contribution in [3.8, 4) is 0 Å². The number of esters is 1. The van der Waals surface area contributed by atoms with Crippen molar-refractivity contribution in [1.29, 1.82) is 0 Å². The van der Waals surface area contributed by atoms with Crippen LogP contribution in [-0.2, 0) is 19.0 Å². The number of rotatable bonds is 4. The molecule has 0 N–H and O–H groups in total. The lowest BCUT2D eigenvalue weighted by Crippen LogP contribution is -1.96. The van der Waals surface area contributed by atoms with Crippen LogP contribution in [-0.4, -0.2) is 40.0 Å². The van der Waals surface area contributed by atoms with Crippen LogP contribution in [0.25, 0.3) is 0 Å². The third kappa shape index (κ3) is 22.8. The van der Waals surface area contributed by atoms with E-state index in [1.165, 1.54) is 6.92 Å². The second-order valence-corrected chi connectivity index (χ2v) is 1.91. The lowest BCUT2D eigenvalue weighted by molar-refractivity contribution is -0.140. The summed E-state index contributed by atoms with van der Waals surface area (Å²) < 4.78 is 13.7. The highest BCUT2D eigenvalue weighted by Crippen LogP contribution is 1.69. The Bertz CT molecular complexity index is 89.1. The molecule has 0 aliphatic heterocycles. The van der Waals surface area contributed by atoms with Gasteiger partial charge in [-0.3, -0.25) is 4.79 Å². The van der Waals surface area contributed by atoms with Gasteiger partial charge in [-0.1, -0.05) is 0 Å². The van der Waals surface area contributed by atoms with Crippen molar-refractivity contribution in [2.75, 3.05) is 34.0 Å². The maximum Gasteiger partial charge on any atom is 0.302 e. The number of hydrogen-bond donors (Lipinski definition) is 0. The van der Waals surface area contributed by atoms with Gasteiger partial charge in [0.05, 0.1) is 19.8 Å². The summed E-state index contributed by atoms with van der Waals surface area (Å²) >= 11 is 0. The van der Waals surface area contributed by atoms with E-state index in [0.29, 0.717) is 19.8 Å². The molecule has 0 radical (unpaired) electrons. The number of carbonyl (C=O) groups is 1. The fourth-order valence-electron chi connectivity index (χ4n) is 0.370. The molecule has 0 fully saturated rings. The zero-order valence-corrected chi connectivity index (χ0v) is 8.25. The average Bonchev–Trinajstić information content (AvgIpc) is 2.02. The van der Waals surface area contributed by atoms with Gasteiger partial charge in [0.2, 0.25) is 0 Å². The molecule has 0 aliphatic carbocycles. The van der Waals surface area contributed by atoms with Gasteiger partial charge in [0.25, 0.3) is 0 Å². The quantitative estimate of drug-likeness (QED) is 0.473. The molecule has 4 nitrogen and oxygen atoms in total. The molecule has 12 heavy (non-hydrogen) atoms. The lowest BCUT2D eigenvalue weighted by Gasteiger charge is -1.91. The van der Waals surface area contributed by atoms with Gasteiger partial charge in [0.15, 0.2) is 0 Å². The highest BCUT2D eigenvalue weighted by atomic mass is 16.5. The number of ether oxygens (including phenoxy) is 3. The standard InChI is InChI=1S/C4H10O2.C4H8O2/c1-5-3-4-6-2;1-3-6-4(2)5/h3-4H2,1-2H3;3H2,1-2H3. The molecular weight excluding hydrogens is 160 g/mol.